The van der Waals surface area contributed by atoms with E-state index in [-0.39, 0.29) is 0 Å². The van der Waals surface area contributed by atoms with Gasteiger partial charge in [-0.25, -0.2) is 0 Å². The first-order chi connectivity index (χ1) is 9.19. The summed E-state index contributed by atoms with van der Waals surface area (Å²) in [6.07, 6.45) is 6.82. The summed E-state index contributed by atoms with van der Waals surface area (Å²) in [6, 6.07) is 1.34. The van der Waals surface area contributed by atoms with Crippen LogP contribution in [0.25, 0.3) is 0 Å². The van der Waals surface area contributed by atoms with E-state index in [1.165, 1.54) is 51.7 Å². The summed E-state index contributed by atoms with van der Waals surface area (Å²) in [7, 11) is 0. The number of likely N-dealkylation sites (tertiary alicyclic amines) is 1. The lowest BCUT2D eigenvalue weighted by Gasteiger charge is -2.38. The number of ether oxygens (including phenoxy) is 1. The first-order valence-corrected chi connectivity index (χ1v) is 8.29. The zero-order valence-corrected chi connectivity index (χ0v) is 13.0. The first-order valence-electron chi connectivity index (χ1n) is 8.29. The molecule has 0 spiro atoms. The topological polar surface area (TPSA) is 24.5 Å². The number of nitrogens with zero attached hydrogens (tertiary/aromatic N) is 1. The van der Waals surface area contributed by atoms with E-state index < -0.39 is 0 Å². The minimum atomic E-state index is 0.435. The van der Waals surface area contributed by atoms with Crippen molar-refractivity contribution in [1.29, 1.82) is 0 Å². The Morgan fingerprint density at radius 1 is 1.26 bits per heavy atom. The second kappa shape index (κ2) is 7.61. The molecule has 112 valence electrons. The van der Waals surface area contributed by atoms with Gasteiger partial charge in [0, 0.05) is 18.7 Å². The fraction of sp³-hybridized carbons (Fsp3) is 1.00. The van der Waals surface area contributed by atoms with Crippen LogP contribution in [-0.2, 0) is 4.74 Å². The van der Waals surface area contributed by atoms with Gasteiger partial charge in [0.05, 0.1) is 6.10 Å². The molecular formula is C16H32N2O. The van der Waals surface area contributed by atoms with E-state index in [4.69, 9.17) is 4.74 Å². The predicted molar refractivity (Wildman–Crippen MR) is 80.5 cm³/mol. The van der Waals surface area contributed by atoms with Crippen molar-refractivity contribution in [2.45, 2.75) is 71.1 Å². The quantitative estimate of drug-likeness (QED) is 0.829. The maximum Gasteiger partial charge on any atom is 0.0561 e. The molecule has 3 nitrogen and oxygen atoms in total. The predicted octanol–water partition coefficient (Wildman–Crippen LogP) is 2.65. The zero-order chi connectivity index (χ0) is 13.7. The Kier molecular flexibility index (Phi) is 6.11. The number of piperidine rings is 1. The number of hydrogen-bond acceptors (Lipinski definition) is 3. The highest BCUT2D eigenvalue weighted by Gasteiger charge is 2.26. The summed E-state index contributed by atoms with van der Waals surface area (Å²) in [5.41, 5.74) is 0. The molecular weight excluding hydrogens is 236 g/mol. The molecule has 0 aromatic heterocycles. The van der Waals surface area contributed by atoms with Crippen LogP contribution in [0.3, 0.4) is 0 Å². The largest absolute Gasteiger partial charge is 0.378 e. The van der Waals surface area contributed by atoms with Gasteiger partial charge in [0.1, 0.15) is 0 Å². The Labute approximate surface area is 119 Å². The molecule has 0 saturated carbocycles. The van der Waals surface area contributed by atoms with Crippen molar-refractivity contribution in [1.82, 2.24) is 10.2 Å². The van der Waals surface area contributed by atoms with E-state index >= 15 is 0 Å². The van der Waals surface area contributed by atoms with E-state index in [1.807, 2.05) is 0 Å². The van der Waals surface area contributed by atoms with Crippen LogP contribution in [0.1, 0.15) is 52.9 Å². The third-order valence-electron chi connectivity index (χ3n) is 4.86. The lowest BCUT2D eigenvalue weighted by Crippen LogP contribution is -2.48. The molecule has 19 heavy (non-hydrogen) atoms. The molecule has 2 heterocycles. The van der Waals surface area contributed by atoms with Crippen LogP contribution >= 0.6 is 0 Å². The zero-order valence-electron chi connectivity index (χ0n) is 13.0. The van der Waals surface area contributed by atoms with Crippen LogP contribution < -0.4 is 5.32 Å². The molecule has 2 aliphatic rings. The van der Waals surface area contributed by atoms with Crippen molar-refractivity contribution >= 4 is 0 Å². The average Bonchev–Trinajstić information content (AvgIpc) is 2.40. The first kappa shape index (κ1) is 15.3. The summed E-state index contributed by atoms with van der Waals surface area (Å²) >= 11 is 0. The van der Waals surface area contributed by atoms with Crippen molar-refractivity contribution < 1.29 is 4.74 Å². The molecule has 0 radical (unpaired) electrons. The van der Waals surface area contributed by atoms with Gasteiger partial charge in [0.2, 0.25) is 0 Å². The standard InChI is InChI=1S/C16H32N2O/c1-4-8-18-9-5-15(6-10-18)14(3)17-16-7-11-19-13(2)12-16/h13-17H,4-12H2,1-3H3. The van der Waals surface area contributed by atoms with Gasteiger partial charge in [0.25, 0.3) is 0 Å². The number of rotatable bonds is 5. The van der Waals surface area contributed by atoms with Crippen molar-refractivity contribution in [3.8, 4) is 0 Å². The van der Waals surface area contributed by atoms with Gasteiger partial charge in [-0.05, 0) is 71.5 Å². The lowest BCUT2D eigenvalue weighted by molar-refractivity contribution is 0.00911. The minimum Gasteiger partial charge on any atom is -0.378 e. The highest BCUT2D eigenvalue weighted by molar-refractivity contribution is 4.84. The summed E-state index contributed by atoms with van der Waals surface area (Å²) < 4.78 is 5.63. The third-order valence-corrected chi connectivity index (χ3v) is 4.86. The van der Waals surface area contributed by atoms with Crippen LogP contribution in [0.15, 0.2) is 0 Å². The Bertz CT molecular complexity index is 251. The molecule has 0 bridgehead atoms. The van der Waals surface area contributed by atoms with E-state index in [2.05, 4.69) is 31.0 Å². The third kappa shape index (κ3) is 4.73. The SMILES string of the molecule is CCCN1CCC(C(C)NC2CCOC(C)C2)CC1. The molecule has 2 rings (SSSR count). The van der Waals surface area contributed by atoms with E-state index in [9.17, 15) is 0 Å². The molecule has 2 aliphatic heterocycles. The Morgan fingerprint density at radius 2 is 2.00 bits per heavy atom. The molecule has 3 heteroatoms. The summed E-state index contributed by atoms with van der Waals surface area (Å²) in [5.74, 6) is 0.867. The van der Waals surface area contributed by atoms with Crippen molar-refractivity contribution in [3.63, 3.8) is 0 Å². The normalized spacial score (nSPS) is 32.4. The summed E-state index contributed by atoms with van der Waals surface area (Å²) in [6.45, 7) is 11.7. The van der Waals surface area contributed by atoms with Crippen LogP contribution in [0.5, 0.6) is 0 Å². The second-order valence-corrected chi connectivity index (χ2v) is 6.54. The van der Waals surface area contributed by atoms with E-state index in [0.717, 1.165) is 12.5 Å². The fourth-order valence-electron chi connectivity index (χ4n) is 3.65. The van der Waals surface area contributed by atoms with Gasteiger partial charge in [0.15, 0.2) is 0 Å². The molecule has 2 saturated heterocycles. The number of hydrogen-bond donors (Lipinski definition) is 1. The molecule has 0 aliphatic carbocycles. The molecule has 3 unspecified atom stereocenters. The minimum absolute atomic E-state index is 0.435. The smallest absolute Gasteiger partial charge is 0.0561 e. The average molecular weight is 268 g/mol. The Hall–Kier alpha value is -0.120. The second-order valence-electron chi connectivity index (χ2n) is 6.54. The summed E-state index contributed by atoms with van der Waals surface area (Å²) in [5, 5.41) is 3.87. The van der Waals surface area contributed by atoms with Crippen molar-refractivity contribution in [2.75, 3.05) is 26.2 Å². The highest BCUT2D eigenvalue weighted by Crippen LogP contribution is 2.22. The molecule has 3 atom stereocenters. The lowest BCUT2D eigenvalue weighted by atomic mass is 9.89. The van der Waals surface area contributed by atoms with E-state index in [0.29, 0.717) is 18.2 Å². The molecule has 1 N–H and O–H groups in total. The maximum atomic E-state index is 5.63. The monoisotopic (exact) mass is 268 g/mol. The van der Waals surface area contributed by atoms with Gasteiger partial charge in [-0.2, -0.15) is 0 Å². The van der Waals surface area contributed by atoms with Gasteiger partial charge < -0.3 is 15.0 Å². The molecule has 0 aromatic rings. The van der Waals surface area contributed by atoms with Crippen LogP contribution in [0, 0.1) is 5.92 Å². The molecule has 2 fully saturated rings. The van der Waals surface area contributed by atoms with Crippen molar-refractivity contribution in [2.24, 2.45) is 5.92 Å². The van der Waals surface area contributed by atoms with Crippen LogP contribution in [0.4, 0.5) is 0 Å². The highest BCUT2D eigenvalue weighted by atomic mass is 16.5. The van der Waals surface area contributed by atoms with Crippen molar-refractivity contribution in [3.05, 3.63) is 0 Å². The maximum absolute atomic E-state index is 5.63. The van der Waals surface area contributed by atoms with Gasteiger partial charge in [-0.1, -0.05) is 6.92 Å². The number of nitrogens with one attached hydrogen (secondary N) is 1. The summed E-state index contributed by atoms with van der Waals surface area (Å²) in [4.78, 5) is 2.62. The van der Waals surface area contributed by atoms with Gasteiger partial charge in [-0.3, -0.25) is 0 Å². The van der Waals surface area contributed by atoms with E-state index in [1.54, 1.807) is 0 Å². The Morgan fingerprint density at radius 3 is 2.63 bits per heavy atom. The van der Waals surface area contributed by atoms with Gasteiger partial charge >= 0.3 is 0 Å². The van der Waals surface area contributed by atoms with Gasteiger partial charge in [-0.15, -0.1) is 0 Å². The van der Waals surface area contributed by atoms with Crippen LogP contribution in [0.2, 0.25) is 0 Å². The van der Waals surface area contributed by atoms with Crippen LogP contribution in [-0.4, -0.2) is 49.3 Å². The fourth-order valence-corrected chi connectivity index (χ4v) is 3.65. The molecule has 0 aromatic carbocycles. The Balaban J connectivity index is 1.70. The molecule has 0 amide bonds.